The van der Waals surface area contributed by atoms with Crippen molar-refractivity contribution < 1.29 is 4.79 Å². The Kier molecular flexibility index (Phi) is 7.38. The van der Waals surface area contributed by atoms with Crippen LogP contribution in [0.1, 0.15) is 15.9 Å². The van der Waals surface area contributed by atoms with Gasteiger partial charge < -0.3 is 15.2 Å². The van der Waals surface area contributed by atoms with Gasteiger partial charge in [-0.25, -0.2) is 4.98 Å². The third-order valence-electron chi connectivity index (χ3n) is 3.56. The molecule has 0 bridgehead atoms. The van der Waals surface area contributed by atoms with Gasteiger partial charge >= 0.3 is 0 Å². The van der Waals surface area contributed by atoms with Crippen LogP contribution in [0.15, 0.2) is 43.0 Å². The van der Waals surface area contributed by atoms with Crippen molar-refractivity contribution in [2.24, 2.45) is 5.92 Å². The maximum atomic E-state index is 12.0. The number of hydrogen-bond donors (Lipinski definition) is 2. The molecule has 0 radical (unpaired) electrons. The van der Waals surface area contributed by atoms with Crippen molar-refractivity contribution in [3.05, 3.63) is 54.1 Å². The molecule has 1 saturated heterocycles. The molecule has 120 valence electrons. The lowest BCUT2D eigenvalue weighted by atomic mass is 10.0. The molecule has 0 unspecified atom stereocenters. The number of carbonyl (C=O) groups excluding carboxylic acids is 1. The fraction of sp³-hybridized carbons (Fsp3) is 0.333. The second-order valence-electron chi connectivity index (χ2n) is 5.17. The molecule has 1 fully saturated rings. The molecule has 1 aromatic carbocycles. The van der Waals surface area contributed by atoms with Crippen molar-refractivity contribution in [2.45, 2.75) is 6.54 Å². The minimum atomic E-state index is 0. The zero-order valence-electron chi connectivity index (χ0n) is 12.1. The van der Waals surface area contributed by atoms with Crippen molar-refractivity contribution in [3.63, 3.8) is 0 Å². The Labute approximate surface area is 142 Å². The van der Waals surface area contributed by atoms with Crippen molar-refractivity contribution in [1.82, 2.24) is 20.2 Å². The van der Waals surface area contributed by atoms with E-state index in [2.05, 4.69) is 15.6 Å². The lowest BCUT2D eigenvalue weighted by Gasteiger charge is -2.27. The topological polar surface area (TPSA) is 59.0 Å². The number of nitrogens with zero attached hydrogens (tertiary/aromatic N) is 2. The van der Waals surface area contributed by atoms with Crippen molar-refractivity contribution in [3.8, 4) is 0 Å². The van der Waals surface area contributed by atoms with E-state index in [1.54, 1.807) is 12.5 Å². The first-order valence-electron chi connectivity index (χ1n) is 6.85. The van der Waals surface area contributed by atoms with E-state index in [-0.39, 0.29) is 30.7 Å². The largest absolute Gasteiger partial charge is 0.352 e. The number of aromatic nitrogens is 2. The monoisotopic (exact) mass is 342 g/mol. The molecular weight excluding hydrogens is 323 g/mol. The van der Waals surface area contributed by atoms with E-state index in [1.807, 2.05) is 35.0 Å². The van der Waals surface area contributed by atoms with Crippen LogP contribution in [0.5, 0.6) is 0 Å². The summed E-state index contributed by atoms with van der Waals surface area (Å²) in [6.45, 7) is 3.53. The second-order valence-corrected chi connectivity index (χ2v) is 5.17. The van der Waals surface area contributed by atoms with Gasteiger partial charge in [0, 0.05) is 50.1 Å². The summed E-state index contributed by atoms with van der Waals surface area (Å²) in [5.41, 5.74) is 1.87. The Balaban J connectivity index is 0.00000121. The molecule has 7 heteroatoms. The van der Waals surface area contributed by atoms with Crippen LogP contribution in [0.3, 0.4) is 0 Å². The zero-order valence-corrected chi connectivity index (χ0v) is 13.7. The first-order chi connectivity index (χ1) is 9.81. The van der Waals surface area contributed by atoms with E-state index in [0.29, 0.717) is 11.5 Å². The van der Waals surface area contributed by atoms with E-state index in [1.165, 1.54) is 0 Å². The van der Waals surface area contributed by atoms with Crippen molar-refractivity contribution in [1.29, 1.82) is 0 Å². The van der Waals surface area contributed by atoms with Gasteiger partial charge in [-0.1, -0.05) is 12.1 Å². The number of imidazole rings is 1. The predicted octanol–water partition coefficient (Wildman–Crippen LogP) is 1.72. The highest BCUT2D eigenvalue weighted by molar-refractivity contribution is 5.94. The smallest absolute Gasteiger partial charge is 0.251 e. The molecule has 0 saturated carbocycles. The van der Waals surface area contributed by atoms with Crippen LogP contribution >= 0.6 is 24.8 Å². The van der Waals surface area contributed by atoms with E-state index in [0.717, 1.165) is 31.7 Å². The summed E-state index contributed by atoms with van der Waals surface area (Å²) in [7, 11) is 0. The van der Waals surface area contributed by atoms with Crippen LogP contribution in [0.25, 0.3) is 0 Å². The normalized spacial score (nSPS) is 13.5. The summed E-state index contributed by atoms with van der Waals surface area (Å²) in [6, 6.07) is 7.72. The lowest BCUT2D eigenvalue weighted by Crippen LogP contribution is -2.48. The van der Waals surface area contributed by atoms with Gasteiger partial charge in [-0.3, -0.25) is 4.79 Å². The molecule has 0 atom stereocenters. The minimum Gasteiger partial charge on any atom is -0.352 e. The molecule has 2 aromatic rings. The summed E-state index contributed by atoms with van der Waals surface area (Å²) in [5, 5.41) is 6.17. The lowest BCUT2D eigenvalue weighted by molar-refractivity contribution is 0.0942. The fourth-order valence-corrected chi connectivity index (χ4v) is 2.18. The first kappa shape index (κ1) is 18.5. The molecule has 2 heterocycles. The third kappa shape index (κ3) is 4.73. The molecule has 5 nitrogen and oxygen atoms in total. The van der Waals surface area contributed by atoms with Crippen LogP contribution in [0.4, 0.5) is 0 Å². The zero-order chi connectivity index (χ0) is 13.8. The number of nitrogens with one attached hydrogen (secondary N) is 2. The van der Waals surface area contributed by atoms with Gasteiger partial charge in [0.25, 0.3) is 5.91 Å². The Morgan fingerprint density at radius 2 is 2.00 bits per heavy atom. The molecule has 0 aliphatic carbocycles. The summed E-state index contributed by atoms with van der Waals surface area (Å²) < 4.78 is 2.00. The van der Waals surface area contributed by atoms with Gasteiger partial charge in [0.05, 0.1) is 6.33 Å². The fourth-order valence-electron chi connectivity index (χ4n) is 2.18. The summed E-state index contributed by atoms with van der Waals surface area (Å²) in [4.78, 5) is 16.0. The molecule has 3 rings (SSSR count). The Bertz CT molecular complexity index is 568. The SMILES string of the molecule is Cl.Cl.O=C(NCC1CNC1)c1ccc(Cn2ccnc2)cc1. The number of hydrogen-bond acceptors (Lipinski definition) is 3. The van der Waals surface area contributed by atoms with Gasteiger partial charge in [-0.05, 0) is 17.7 Å². The number of halogens is 2. The maximum absolute atomic E-state index is 12.0. The number of rotatable bonds is 5. The maximum Gasteiger partial charge on any atom is 0.251 e. The van der Waals surface area contributed by atoms with Gasteiger partial charge in [-0.15, -0.1) is 24.8 Å². The molecule has 1 aromatic heterocycles. The predicted molar refractivity (Wildman–Crippen MR) is 91.0 cm³/mol. The van der Waals surface area contributed by atoms with Gasteiger partial charge in [-0.2, -0.15) is 0 Å². The molecule has 1 amide bonds. The Morgan fingerprint density at radius 3 is 2.55 bits per heavy atom. The highest BCUT2D eigenvalue weighted by Gasteiger charge is 2.17. The summed E-state index contributed by atoms with van der Waals surface area (Å²) in [5.74, 6) is 0.588. The molecular formula is C15H20Cl2N4O. The van der Waals surface area contributed by atoms with Crippen LogP contribution in [-0.2, 0) is 6.54 Å². The second kappa shape index (κ2) is 8.78. The number of benzene rings is 1. The minimum absolute atomic E-state index is 0. The number of amides is 1. The average molecular weight is 343 g/mol. The molecule has 1 aliphatic heterocycles. The molecule has 0 spiro atoms. The van der Waals surface area contributed by atoms with Gasteiger partial charge in [0.2, 0.25) is 0 Å². The van der Waals surface area contributed by atoms with E-state index in [4.69, 9.17) is 0 Å². The standard InChI is InChI=1S/C15H18N4O.2ClH/c20-15(18-9-13-7-17-8-13)14-3-1-12(2-4-14)10-19-6-5-16-11-19;;/h1-6,11,13,17H,7-10H2,(H,18,20);2*1H. The summed E-state index contributed by atoms with van der Waals surface area (Å²) >= 11 is 0. The first-order valence-corrected chi connectivity index (χ1v) is 6.85. The van der Waals surface area contributed by atoms with Crippen LogP contribution in [0, 0.1) is 5.92 Å². The molecule has 2 N–H and O–H groups in total. The van der Waals surface area contributed by atoms with Gasteiger partial charge in [0.15, 0.2) is 0 Å². The molecule has 22 heavy (non-hydrogen) atoms. The Hall–Kier alpha value is -1.56. The average Bonchev–Trinajstić information content (AvgIpc) is 2.90. The number of carbonyl (C=O) groups is 1. The highest BCUT2D eigenvalue weighted by Crippen LogP contribution is 2.07. The third-order valence-corrected chi connectivity index (χ3v) is 3.56. The molecule has 1 aliphatic rings. The van der Waals surface area contributed by atoms with E-state index < -0.39 is 0 Å². The summed E-state index contributed by atoms with van der Waals surface area (Å²) in [6.07, 6.45) is 5.47. The highest BCUT2D eigenvalue weighted by atomic mass is 35.5. The van der Waals surface area contributed by atoms with Crippen LogP contribution in [0.2, 0.25) is 0 Å². The van der Waals surface area contributed by atoms with Gasteiger partial charge in [0.1, 0.15) is 0 Å². The Morgan fingerprint density at radius 1 is 1.27 bits per heavy atom. The van der Waals surface area contributed by atoms with Crippen molar-refractivity contribution >= 4 is 30.7 Å². The van der Waals surface area contributed by atoms with E-state index in [9.17, 15) is 4.79 Å². The van der Waals surface area contributed by atoms with E-state index >= 15 is 0 Å². The quantitative estimate of drug-likeness (QED) is 0.869. The van der Waals surface area contributed by atoms with Crippen molar-refractivity contribution in [2.75, 3.05) is 19.6 Å². The van der Waals surface area contributed by atoms with Crippen LogP contribution < -0.4 is 10.6 Å². The van der Waals surface area contributed by atoms with Crippen LogP contribution in [-0.4, -0.2) is 35.1 Å².